The number of carbonyl (C=O) groups is 2. The van der Waals surface area contributed by atoms with Gasteiger partial charge in [0.1, 0.15) is 5.54 Å². The first kappa shape index (κ1) is 22.1. The summed E-state index contributed by atoms with van der Waals surface area (Å²) in [4.78, 5) is 38.7. The molecule has 2 aliphatic heterocycles. The normalized spacial score (nSPS) is 22.9. The number of amides is 3. The summed E-state index contributed by atoms with van der Waals surface area (Å²) in [5.41, 5.74) is -1.64. The number of ether oxygens (including phenoxy) is 1. The number of carbonyl (C=O) groups excluding carboxylic acids is 2. The highest BCUT2D eigenvalue weighted by molar-refractivity contribution is 7.89. The third-order valence-corrected chi connectivity index (χ3v) is 7.70. The van der Waals surface area contributed by atoms with E-state index in [-0.39, 0.29) is 45.1 Å². The van der Waals surface area contributed by atoms with Crippen LogP contribution in [-0.2, 0) is 19.6 Å². The highest BCUT2D eigenvalue weighted by Gasteiger charge is 2.57. The predicted octanol–water partition coefficient (Wildman–Crippen LogP) is 1.05. The lowest BCUT2D eigenvalue weighted by molar-refractivity contribution is -0.387. The Bertz CT molecular complexity index is 967. The number of hydrogen-bond donors (Lipinski definition) is 0. The zero-order valence-corrected chi connectivity index (χ0v) is 17.6. The Morgan fingerprint density at radius 1 is 1.20 bits per heavy atom. The second kappa shape index (κ2) is 8.28. The fraction of sp³-hybridized carbons (Fsp3) is 0.556. The van der Waals surface area contributed by atoms with Crippen LogP contribution in [0.3, 0.4) is 0 Å². The van der Waals surface area contributed by atoms with Crippen molar-refractivity contribution in [2.75, 3.05) is 39.9 Å². The predicted molar refractivity (Wildman–Crippen MR) is 105 cm³/mol. The van der Waals surface area contributed by atoms with E-state index in [1.807, 2.05) is 0 Å². The summed E-state index contributed by atoms with van der Waals surface area (Å²) in [5, 5.41) is 11.3. The summed E-state index contributed by atoms with van der Waals surface area (Å²) in [6.07, 6.45) is 0.442. The van der Waals surface area contributed by atoms with Crippen LogP contribution in [0, 0.1) is 10.1 Å². The van der Waals surface area contributed by atoms with E-state index >= 15 is 0 Å². The van der Waals surface area contributed by atoms with Crippen LogP contribution in [0.4, 0.5) is 10.5 Å². The molecule has 1 aromatic carbocycles. The molecule has 30 heavy (non-hydrogen) atoms. The molecule has 1 atom stereocenters. The number of imide groups is 1. The van der Waals surface area contributed by atoms with Crippen molar-refractivity contribution < 1.29 is 27.7 Å². The Balaban J connectivity index is 1.91. The number of para-hydroxylation sites is 1. The summed E-state index contributed by atoms with van der Waals surface area (Å²) in [6.45, 7) is 2.04. The fourth-order valence-electron chi connectivity index (χ4n) is 4.07. The lowest BCUT2D eigenvalue weighted by Gasteiger charge is -2.31. The number of rotatable bonds is 7. The molecular formula is C18H24N4O7S. The van der Waals surface area contributed by atoms with Crippen LogP contribution in [0.15, 0.2) is 29.2 Å². The van der Waals surface area contributed by atoms with Gasteiger partial charge < -0.3 is 9.64 Å². The summed E-state index contributed by atoms with van der Waals surface area (Å²) < 4.78 is 32.4. The molecule has 0 aliphatic carbocycles. The quantitative estimate of drug-likeness (QED) is 0.352. The van der Waals surface area contributed by atoms with Gasteiger partial charge in [-0.15, -0.1) is 0 Å². The lowest BCUT2D eigenvalue weighted by Crippen LogP contribution is -2.49. The molecule has 12 heteroatoms. The zero-order chi connectivity index (χ0) is 22.1. The summed E-state index contributed by atoms with van der Waals surface area (Å²) in [7, 11) is -2.70. The summed E-state index contributed by atoms with van der Waals surface area (Å²) in [6, 6.07) is 4.68. The Morgan fingerprint density at radius 2 is 1.90 bits per heavy atom. The van der Waals surface area contributed by atoms with E-state index < -0.39 is 37.1 Å². The Kier molecular flexibility index (Phi) is 6.11. The highest BCUT2D eigenvalue weighted by Crippen LogP contribution is 2.37. The maximum atomic E-state index is 13.2. The van der Waals surface area contributed by atoms with Gasteiger partial charge in [0.05, 0.1) is 18.1 Å². The molecule has 0 N–H and O–H groups in total. The number of nitro benzene ring substituents is 1. The number of sulfonamides is 1. The number of methoxy groups -OCH3 is 1. The summed E-state index contributed by atoms with van der Waals surface area (Å²) in [5.74, 6) is -0.364. The van der Waals surface area contributed by atoms with Crippen LogP contribution in [0.25, 0.3) is 0 Å². The van der Waals surface area contributed by atoms with E-state index in [4.69, 9.17) is 4.74 Å². The highest BCUT2D eigenvalue weighted by atomic mass is 32.2. The molecule has 0 saturated carbocycles. The molecule has 0 spiro atoms. The van der Waals surface area contributed by atoms with Gasteiger partial charge in [0.15, 0.2) is 4.90 Å². The molecule has 3 amide bonds. The summed E-state index contributed by atoms with van der Waals surface area (Å²) >= 11 is 0. The number of urea groups is 1. The largest absolute Gasteiger partial charge is 0.383 e. The van der Waals surface area contributed by atoms with Gasteiger partial charge in [0.2, 0.25) is 10.0 Å². The lowest BCUT2D eigenvalue weighted by atomic mass is 9.90. The van der Waals surface area contributed by atoms with E-state index in [0.29, 0.717) is 6.42 Å². The van der Waals surface area contributed by atoms with E-state index in [9.17, 15) is 28.1 Å². The van der Waals surface area contributed by atoms with E-state index in [0.717, 1.165) is 15.3 Å². The minimum atomic E-state index is -4.18. The van der Waals surface area contributed by atoms with Crippen LogP contribution < -0.4 is 0 Å². The van der Waals surface area contributed by atoms with Crippen LogP contribution in [0.2, 0.25) is 0 Å². The minimum absolute atomic E-state index is 0.0156. The van der Waals surface area contributed by atoms with Crippen molar-refractivity contribution in [3.8, 4) is 0 Å². The molecular weight excluding hydrogens is 416 g/mol. The van der Waals surface area contributed by atoms with E-state index in [1.165, 1.54) is 30.2 Å². The first-order valence-corrected chi connectivity index (χ1v) is 11.0. The van der Waals surface area contributed by atoms with Crippen molar-refractivity contribution in [2.24, 2.45) is 0 Å². The molecule has 1 unspecified atom stereocenters. The maximum absolute atomic E-state index is 13.2. The molecule has 2 saturated heterocycles. The maximum Gasteiger partial charge on any atom is 0.327 e. The molecule has 164 valence electrons. The molecule has 2 fully saturated rings. The second-order valence-corrected chi connectivity index (χ2v) is 9.05. The number of nitrogens with zero attached hydrogens (tertiary/aromatic N) is 4. The molecule has 11 nitrogen and oxygen atoms in total. The van der Waals surface area contributed by atoms with Crippen molar-refractivity contribution >= 4 is 27.6 Å². The SMILES string of the molecule is CCC12CCN(S(=O)(=O)c3ccccc3[N+](=O)[O-])CCN1C(=O)N(CCOC)C2=O. The third-order valence-electron chi connectivity index (χ3n) is 5.75. The molecule has 2 aliphatic rings. The standard InChI is InChI=1S/C18H24N4O7S/c1-3-18-8-9-19(30(27,28)15-7-5-4-6-14(15)22(25)26)10-11-21(18)17(24)20(16(18)23)12-13-29-2/h4-7H,3,8-13H2,1-2H3. The average molecular weight is 440 g/mol. The Morgan fingerprint density at radius 3 is 2.53 bits per heavy atom. The van der Waals surface area contributed by atoms with Crippen LogP contribution in [0.1, 0.15) is 19.8 Å². The Hall–Kier alpha value is -2.57. The molecule has 2 heterocycles. The van der Waals surface area contributed by atoms with Crippen molar-refractivity contribution in [1.29, 1.82) is 0 Å². The Labute approximate surface area is 174 Å². The first-order valence-electron chi connectivity index (χ1n) is 9.56. The van der Waals surface area contributed by atoms with Gasteiger partial charge in [0, 0.05) is 32.8 Å². The van der Waals surface area contributed by atoms with Gasteiger partial charge in [0.25, 0.3) is 11.6 Å². The van der Waals surface area contributed by atoms with Crippen molar-refractivity contribution in [2.45, 2.75) is 30.2 Å². The van der Waals surface area contributed by atoms with Gasteiger partial charge >= 0.3 is 6.03 Å². The topological polar surface area (TPSA) is 130 Å². The number of nitro groups is 1. The van der Waals surface area contributed by atoms with Gasteiger partial charge in [-0.1, -0.05) is 19.1 Å². The molecule has 0 aromatic heterocycles. The van der Waals surface area contributed by atoms with Crippen LogP contribution >= 0.6 is 0 Å². The van der Waals surface area contributed by atoms with E-state index in [1.54, 1.807) is 6.92 Å². The average Bonchev–Trinajstić information content (AvgIpc) is 2.86. The second-order valence-electron chi connectivity index (χ2n) is 7.15. The van der Waals surface area contributed by atoms with Gasteiger partial charge in [-0.3, -0.25) is 19.8 Å². The first-order chi connectivity index (χ1) is 14.2. The molecule has 0 bridgehead atoms. The number of hydrogen-bond acceptors (Lipinski definition) is 7. The van der Waals surface area contributed by atoms with Crippen molar-refractivity contribution in [3.05, 3.63) is 34.4 Å². The molecule has 3 rings (SSSR count). The monoisotopic (exact) mass is 440 g/mol. The van der Waals surface area contributed by atoms with Gasteiger partial charge in [-0.2, -0.15) is 4.31 Å². The van der Waals surface area contributed by atoms with E-state index in [2.05, 4.69) is 0 Å². The molecule has 1 aromatic rings. The minimum Gasteiger partial charge on any atom is -0.383 e. The number of fused-ring (bicyclic) bond motifs is 1. The zero-order valence-electron chi connectivity index (χ0n) is 16.8. The fourth-order valence-corrected chi connectivity index (χ4v) is 5.66. The third kappa shape index (κ3) is 3.44. The van der Waals surface area contributed by atoms with Crippen molar-refractivity contribution in [1.82, 2.24) is 14.1 Å². The van der Waals surface area contributed by atoms with Crippen molar-refractivity contribution in [3.63, 3.8) is 0 Å². The smallest absolute Gasteiger partial charge is 0.327 e. The van der Waals surface area contributed by atoms with Gasteiger partial charge in [-0.05, 0) is 18.9 Å². The van der Waals surface area contributed by atoms with Gasteiger partial charge in [-0.25, -0.2) is 13.2 Å². The van der Waals surface area contributed by atoms with Crippen LogP contribution in [0.5, 0.6) is 0 Å². The number of benzene rings is 1. The molecule has 0 radical (unpaired) electrons. The van der Waals surface area contributed by atoms with Crippen LogP contribution in [-0.4, -0.2) is 84.8 Å².